The minimum Gasteiger partial charge on any atom is -0.393 e. The Morgan fingerprint density at radius 3 is 2.43 bits per heavy atom. The van der Waals surface area contributed by atoms with E-state index in [0.717, 1.165) is 38.0 Å². The predicted molar refractivity (Wildman–Crippen MR) is 94.8 cm³/mol. The molecular formula is C19H23N3O. The van der Waals surface area contributed by atoms with Gasteiger partial charge in [-0.1, -0.05) is 42.5 Å². The molecule has 0 saturated carbocycles. The minimum atomic E-state index is -0.131. The largest absolute Gasteiger partial charge is 0.393 e. The molecule has 1 saturated heterocycles. The second-order valence-electron chi connectivity index (χ2n) is 5.89. The maximum Gasteiger partial charge on any atom is 0.0580 e. The summed E-state index contributed by atoms with van der Waals surface area (Å²) < 4.78 is 0. The van der Waals surface area contributed by atoms with Crippen LogP contribution in [0, 0.1) is 0 Å². The summed E-state index contributed by atoms with van der Waals surface area (Å²) in [6.07, 6.45) is 3.42. The van der Waals surface area contributed by atoms with Crippen molar-refractivity contribution >= 4 is 11.9 Å². The highest BCUT2D eigenvalue weighted by Crippen LogP contribution is 2.20. The highest BCUT2D eigenvalue weighted by molar-refractivity contribution is 5.80. The van der Waals surface area contributed by atoms with Gasteiger partial charge in [0.1, 0.15) is 0 Å². The Bertz CT molecular complexity index is 617. The van der Waals surface area contributed by atoms with Gasteiger partial charge in [0, 0.05) is 18.8 Å². The fraction of sp³-hybridized carbons (Fsp3) is 0.316. The number of aliphatic hydroxyl groups is 1. The molecule has 2 N–H and O–H groups in total. The van der Waals surface area contributed by atoms with Gasteiger partial charge in [0.2, 0.25) is 0 Å². The molecule has 1 aliphatic rings. The number of hydrogen-bond acceptors (Lipinski definition) is 4. The predicted octanol–water partition coefficient (Wildman–Crippen LogP) is 2.77. The molecular weight excluding hydrogens is 286 g/mol. The van der Waals surface area contributed by atoms with E-state index in [1.165, 1.54) is 11.3 Å². The van der Waals surface area contributed by atoms with Gasteiger partial charge >= 0.3 is 0 Å². The number of nitrogens with one attached hydrogen (secondary N) is 1. The molecule has 0 bridgehead atoms. The standard InChI is InChI=1S/C19H23N3O/c23-19-10-12-22(13-11-19)18-8-6-17(7-9-18)15-21-20-14-16-4-2-1-3-5-16/h1-9,15,19-20,23H,10-14H2. The van der Waals surface area contributed by atoms with Crippen LogP contribution in [0.2, 0.25) is 0 Å². The third kappa shape index (κ3) is 4.57. The van der Waals surface area contributed by atoms with E-state index in [4.69, 9.17) is 0 Å². The van der Waals surface area contributed by atoms with Crippen LogP contribution in [0.4, 0.5) is 5.69 Å². The smallest absolute Gasteiger partial charge is 0.0580 e. The third-order valence-corrected chi connectivity index (χ3v) is 4.15. The van der Waals surface area contributed by atoms with Crippen molar-refractivity contribution in [1.29, 1.82) is 0 Å². The zero-order valence-corrected chi connectivity index (χ0v) is 13.2. The van der Waals surface area contributed by atoms with Crippen LogP contribution in [0.5, 0.6) is 0 Å². The molecule has 23 heavy (non-hydrogen) atoms. The van der Waals surface area contributed by atoms with Gasteiger partial charge in [-0.3, -0.25) is 0 Å². The van der Waals surface area contributed by atoms with E-state index >= 15 is 0 Å². The molecule has 0 unspecified atom stereocenters. The van der Waals surface area contributed by atoms with Gasteiger partial charge in [0.05, 0.1) is 18.9 Å². The summed E-state index contributed by atoms with van der Waals surface area (Å²) in [4.78, 5) is 2.32. The highest BCUT2D eigenvalue weighted by atomic mass is 16.3. The molecule has 120 valence electrons. The van der Waals surface area contributed by atoms with Gasteiger partial charge in [0.15, 0.2) is 0 Å². The normalized spacial score (nSPS) is 16.0. The molecule has 2 aromatic rings. The van der Waals surface area contributed by atoms with E-state index in [0.29, 0.717) is 0 Å². The van der Waals surface area contributed by atoms with Gasteiger partial charge in [-0.2, -0.15) is 5.10 Å². The number of nitrogens with zero attached hydrogens (tertiary/aromatic N) is 2. The van der Waals surface area contributed by atoms with Crippen molar-refractivity contribution in [3.8, 4) is 0 Å². The van der Waals surface area contributed by atoms with E-state index in [2.05, 4.69) is 51.8 Å². The molecule has 0 aliphatic carbocycles. The van der Waals surface area contributed by atoms with E-state index in [1.54, 1.807) is 0 Å². The van der Waals surface area contributed by atoms with Crippen molar-refractivity contribution in [1.82, 2.24) is 5.43 Å². The summed E-state index contributed by atoms with van der Waals surface area (Å²) >= 11 is 0. The van der Waals surface area contributed by atoms with Crippen LogP contribution in [0.3, 0.4) is 0 Å². The summed E-state index contributed by atoms with van der Waals surface area (Å²) in [6.45, 7) is 2.58. The first kappa shape index (κ1) is 15.6. The molecule has 0 atom stereocenters. The average molecular weight is 309 g/mol. The van der Waals surface area contributed by atoms with Gasteiger partial charge < -0.3 is 15.4 Å². The van der Waals surface area contributed by atoms with Gasteiger partial charge in [0.25, 0.3) is 0 Å². The molecule has 0 amide bonds. The SMILES string of the molecule is OC1CCN(c2ccc(C=NNCc3ccccc3)cc2)CC1. The Balaban J connectivity index is 1.50. The lowest BCUT2D eigenvalue weighted by Gasteiger charge is -2.31. The molecule has 4 heteroatoms. The molecule has 0 aromatic heterocycles. The number of piperidine rings is 1. The summed E-state index contributed by atoms with van der Waals surface area (Å²) in [5.41, 5.74) is 6.57. The topological polar surface area (TPSA) is 47.9 Å². The monoisotopic (exact) mass is 309 g/mol. The fourth-order valence-corrected chi connectivity index (χ4v) is 2.75. The van der Waals surface area contributed by atoms with Gasteiger partial charge in [-0.25, -0.2) is 0 Å². The molecule has 3 rings (SSSR count). The van der Waals surface area contributed by atoms with Crippen LogP contribution in [0.15, 0.2) is 59.7 Å². The van der Waals surface area contributed by atoms with Gasteiger partial charge in [-0.05, 0) is 36.1 Å². The van der Waals surface area contributed by atoms with Crippen LogP contribution in [0.25, 0.3) is 0 Å². The summed E-state index contributed by atoms with van der Waals surface area (Å²) in [5.74, 6) is 0. The maximum atomic E-state index is 9.57. The van der Waals surface area contributed by atoms with Crippen LogP contribution < -0.4 is 10.3 Å². The lowest BCUT2D eigenvalue weighted by Crippen LogP contribution is -2.35. The Labute approximate surface area is 137 Å². The van der Waals surface area contributed by atoms with Crippen molar-refractivity contribution in [2.75, 3.05) is 18.0 Å². The Morgan fingerprint density at radius 2 is 1.74 bits per heavy atom. The summed E-state index contributed by atoms with van der Waals surface area (Å²) in [5, 5.41) is 13.8. The summed E-state index contributed by atoms with van der Waals surface area (Å²) in [7, 11) is 0. The first-order chi connectivity index (χ1) is 11.3. The van der Waals surface area contributed by atoms with Gasteiger partial charge in [-0.15, -0.1) is 0 Å². The van der Waals surface area contributed by atoms with Crippen molar-refractivity contribution < 1.29 is 5.11 Å². The van der Waals surface area contributed by atoms with Crippen LogP contribution in [-0.2, 0) is 6.54 Å². The van der Waals surface area contributed by atoms with Crippen molar-refractivity contribution in [2.24, 2.45) is 5.10 Å². The highest BCUT2D eigenvalue weighted by Gasteiger charge is 2.16. The molecule has 1 fully saturated rings. The van der Waals surface area contributed by atoms with E-state index in [1.807, 2.05) is 24.4 Å². The molecule has 1 aliphatic heterocycles. The van der Waals surface area contributed by atoms with Crippen LogP contribution in [-0.4, -0.2) is 30.5 Å². The number of aliphatic hydroxyl groups excluding tert-OH is 1. The Morgan fingerprint density at radius 1 is 1.04 bits per heavy atom. The van der Waals surface area contributed by atoms with E-state index in [9.17, 15) is 5.11 Å². The Hall–Kier alpha value is -2.33. The zero-order chi connectivity index (χ0) is 15.9. The quantitative estimate of drug-likeness (QED) is 0.659. The number of benzene rings is 2. The molecule has 4 nitrogen and oxygen atoms in total. The maximum absolute atomic E-state index is 9.57. The molecule has 0 spiro atoms. The van der Waals surface area contributed by atoms with Crippen molar-refractivity contribution in [3.63, 3.8) is 0 Å². The first-order valence-corrected chi connectivity index (χ1v) is 8.14. The van der Waals surface area contributed by atoms with E-state index in [-0.39, 0.29) is 6.10 Å². The molecule has 2 aromatic carbocycles. The lowest BCUT2D eigenvalue weighted by atomic mass is 10.1. The summed E-state index contributed by atoms with van der Waals surface area (Å²) in [6, 6.07) is 18.6. The van der Waals surface area contributed by atoms with Crippen molar-refractivity contribution in [3.05, 3.63) is 65.7 Å². The lowest BCUT2D eigenvalue weighted by molar-refractivity contribution is 0.145. The second kappa shape index (κ2) is 7.79. The fourth-order valence-electron chi connectivity index (χ4n) is 2.75. The number of hydrogen-bond donors (Lipinski definition) is 2. The molecule has 1 heterocycles. The van der Waals surface area contributed by atoms with Crippen LogP contribution in [0.1, 0.15) is 24.0 Å². The Kier molecular flexibility index (Phi) is 5.27. The van der Waals surface area contributed by atoms with E-state index < -0.39 is 0 Å². The zero-order valence-electron chi connectivity index (χ0n) is 13.2. The number of hydrazone groups is 1. The van der Waals surface area contributed by atoms with Crippen molar-refractivity contribution in [2.45, 2.75) is 25.5 Å². The average Bonchev–Trinajstić information content (AvgIpc) is 2.61. The third-order valence-electron chi connectivity index (χ3n) is 4.15. The first-order valence-electron chi connectivity index (χ1n) is 8.14. The second-order valence-corrected chi connectivity index (χ2v) is 5.89. The number of anilines is 1. The molecule has 0 radical (unpaired) electrons. The number of rotatable bonds is 5. The van der Waals surface area contributed by atoms with Crippen LogP contribution >= 0.6 is 0 Å². The minimum absolute atomic E-state index is 0.131.